The van der Waals surface area contributed by atoms with Crippen molar-refractivity contribution in [2.75, 3.05) is 19.5 Å². The van der Waals surface area contributed by atoms with Gasteiger partial charge in [-0.1, -0.05) is 26.1 Å². The zero-order valence-corrected chi connectivity index (χ0v) is 11.3. The highest BCUT2D eigenvalue weighted by Gasteiger charge is 2.29. The Morgan fingerprint density at radius 2 is 1.71 bits per heavy atom. The first-order valence-corrected chi connectivity index (χ1v) is 7.76. The minimum absolute atomic E-state index is 0.319. The monoisotopic (exact) mass is 256 g/mol. The van der Waals surface area contributed by atoms with Crippen LogP contribution in [0.4, 0.5) is 0 Å². The molecule has 0 fully saturated rings. The van der Waals surface area contributed by atoms with Gasteiger partial charge in [-0.15, -0.1) is 11.8 Å². The second kappa shape index (κ2) is 7.83. The lowest BCUT2D eigenvalue weighted by Crippen LogP contribution is -2.03. The van der Waals surface area contributed by atoms with E-state index in [1.54, 1.807) is 6.26 Å². The van der Waals surface area contributed by atoms with Crippen molar-refractivity contribution >= 4 is 35.5 Å². The van der Waals surface area contributed by atoms with E-state index >= 15 is 0 Å². The summed E-state index contributed by atoms with van der Waals surface area (Å²) in [6.07, 6.45) is 3.38. The van der Waals surface area contributed by atoms with Gasteiger partial charge in [0.2, 0.25) is 0 Å². The van der Waals surface area contributed by atoms with Crippen LogP contribution in [0.15, 0.2) is 0 Å². The molecule has 6 heteroatoms. The Balaban J connectivity index is 4.33. The Labute approximate surface area is 95.5 Å². The summed E-state index contributed by atoms with van der Waals surface area (Å²) in [7, 11) is -3.15. The molecule has 0 aliphatic rings. The molecule has 0 saturated heterocycles. The van der Waals surface area contributed by atoms with Gasteiger partial charge in [0.05, 0.1) is 13.2 Å². The zero-order chi connectivity index (χ0) is 11.0. The Kier molecular flexibility index (Phi) is 8.16. The minimum atomic E-state index is -3.15. The lowest BCUT2D eigenvalue weighted by molar-refractivity contribution is 0.217. The number of hydrogen-bond donors (Lipinski definition) is 0. The summed E-state index contributed by atoms with van der Waals surface area (Å²) in [5.41, 5.74) is 0. The first-order chi connectivity index (χ1) is 6.60. The molecule has 3 nitrogen and oxygen atoms in total. The van der Waals surface area contributed by atoms with E-state index in [1.165, 1.54) is 11.8 Å². The van der Waals surface area contributed by atoms with Crippen molar-refractivity contribution in [1.82, 2.24) is 0 Å². The van der Waals surface area contributed by atoms with Crippen LogP contribution in [0.1, 0.15) is 26.7 Å². The van der Waals surface area contributed by atoms with E-state index in [1.807, 2.05) is 13.8 Å². The maximum Gasteiger partial charge on any atom is 0.378 e. The molecule has 0 aliphatic heterocycles. The number of thiocarbonyl (C=S) groups is 1. The molecule has 0 radical (unpaired) electrons. The second-order valence-electron chi connectivity index (χ2n) is 2.63. The van der Waals surface area contributed by atoms with Crippen LogP contribution in [-0.2, 0) is 13.6 Å². The van der Waals surface area contributed by atoms with Crippen molar-refractivity contribution in [1.29, 1.82) is 0 Å². The number of thioether (sulfide) groups is 1. The van der Waals surface area contributed by atoms with E-state index in [0.29, 0.717) is 17.2 Å². The fraction of sp³-hybridized carbons (Fsp3) is 0.875. The van der Waals surface area contributed by atoms with Gasteiger partial charge in [-0.2, -0.15) is 0 Å². The minimum Gasteiger partial charge on any atom is -0.304 e. The van der Waals surface area contributed by atoms with Gasteiger partial charge in [0, 0.05) is 0 Å². The summed E-state index contributed by atoms with van der Waals surface area (Å²) in [5.74, 6) is 0. The first-order valence-electron chi connectivity index (χ1n) is 4.58. The molecule has 0 spiro atoms. The Morgan fingerprint density at radius 1 is 1.29 bits per heavy atom. The lowest BCUT2D eigenvalue weighted by atomic mass is 10.5. The molecule has 0 saturated carbocycles. The second-order valence-corrected chi connectivity index (χ2v) is 6.68. The van der Waals surface area contributed by atoms with Gasteiger partial charge in [0.25, 0.3) is 0 Å². The summed E-state index contributed by atoms with van der Waals surface area (Å²) in [6, 6.07) is 0. The molecule has 0 bridgehead atoms. The first kappa shape index (κ1) is 14.6. The van der Waals surface area contributed by atoms with Gasteiger partial charge < -0.3 is 9.05 Å². The third-order valence-corrected chi connectivity index (χ3v) is 5.56. The van der Waals surface area contributed by atoms with Gasteiger partial charge >= 0.3 is 7.60 Å². The predicted octanol–water partition coefficient (Wildman–Crippen LogP) is 3.68. The van der Waals surface area contributed by atoms with Crippen LogP contribution in [0.25, 0.3) is 0 Å². The van der Waals surface area contributed by atoms with Crippen molar-refractivity contribution < 1.29 is 13.6 Å². The van der Waals surface area contributed by atoms with E-state index in [4.69, 9.17) is 21.3 Å². The fourth-order valence-electron chi connectivity index (χ4n) is 0.677. The third-order valence-electron chi connectivity index (χ3n) is 1.33. The molecule has 0 amide bonds. The van der Waals surface area contributed by atoms with Crippen molar-refractivity contribution in [3.05, 3.63) is 0 Å². The smallest absolute Gasteiger partial charge is 0.304 e. The zero-order valence-electron chi connectivity index (χ0n) is 8.82. The average Bonchev–Trinajstić information content (AvgIpc) is 2.22. The van der Waals surface area contributed by atoms with Crippen LogP contribution in [-0.4, -0.2) is 23.4 Å². The molecule has 0 N–H and O–H groups in total. The topological polar surface area (TPSA) is 35.5 Å². The lowest BCUT2D eigenvalue weighted by Gasteiger charge is -2.17. The Bertz CT molecular complexity index is 209. The van der Waals surface area contributed by atoms with Crippen molar-refractivity contribution in [2.45, 2.75) is 26.7 Å². The van der Waals surface area contributed by atoms with E-state index in [0.717, 1.165) is 12.8 Å². The molecule has 14 heavy (non-hydrogen) atoms. The Hall–Kier alpha value is 0.590. The summed E-state index contributed by atoms with van der Waals surface area (Å²) in [6.45, 7) is 4.74. The van der Waals surface area contributed by atoms with Gasteiger partial charge in [-0.25, -0.2) is 0 Å². The van der Waals surface area contributed by atoms with Crippen molar-refractivity contribution in [3.8, 4) is 0 Å². The van der Waals surface area contributed by atoms with E-state index in [9.17, 15) is 4.57 Å². The molecule has 0 unspecified atom stereocenters. The fourth-order valence-corrected chi connectivity index (χ4v) is 3.34. The van der Waals surface area contributed by atoms with Crippen LogP contribution >= 0.6 is 31.6 Å². The van der Waals surface area contributed by atoms with Crippen molar-refractivity contribution in [2.24, 2.45) is 0 Å². The number of rotatable bonds is 7. The summed E-state index contributed by atoms with van der Waals surface area (Å²) < 4.78 is 22.8. The van der Waals surface area contributed by atoms with Crippen LogP contribution < -0.4 is 0 Å². The highest BCUT2D eigenvalue weighted by atomic mass is 32.2. The highest BCUT2D eigenvalue weighted by Crippen LogP contribution is 2.53. The molecule has 0 aromatic heterocycles. The summed E-state index contributed by atoms with van der Waals surface area (Å²) >= 11 is 6.22. The number of hydrogen-bond acceptors (Lipinski definition) is 5. The molecule has 0 atom stereocenters. The molecular formula is C8H17O3PS2. The van der Waals surface area contributed by atoms with Gasteiger partial charge in [-0.05, 0) is 19.1 Å². The standard InChI is InChI=1S/C8H17O3PS2/c1-4-6-10-12(9,8(13)14-3)11-7-5-2/h4-7H2,1-3H3. The molecular weight excluding hydrogens is 239 g/mol. The van der Waals surface area contributed by atoms with Crippen LogP contribution in [0.5, 0.6) is 0 Å². The maximum absolute atomic E-state index is 12.1. The van der Waals surface area contributed by atoms with Crippen molar-refractivity contribution in [3.63, 3.8) is 0 Å². The largest absolute Gasteiger partial charge is 0.378 e. The summed E-state index contributed by atoms with van der Waals surface area (Å²) in [5, 5.41) is 0. The SMILES string of the molecule is CCCOP(=O)(OCCC)C(=S)SC. The van der Waals surface area contributed by atoms with Gasteiger partial charge in [-0.3, -0.25) is 4.57 Å². The van der Waals surface area contributed by atoms with Gasteiger partial charge in [0.1, 0.15) is 0 Å². The van der Waals surface area contributed by atoms with E-state index in [-0.39, 0.29) is 0 Å². The normalized spacial score (nSPS) is 11.6. The molecule has 0 aliphatic carbocycles. The van der Waals surface area contributed by atoms with Gasteiger partial charge in [0.15, 0.2) is 3.94 Å². The predicted molar refractivity (Wildman–Crippen MR) is 66.2 cm³/mol. The van der Waals surface area contributed by atoms with Crippen LogP contribution in [0.2, 0.25) is 0 Å². The Morgan fingerprint density at radius 3 is 2.00 bits per heavy atom. The average molecular weight is 256 g/mol. The molecule has 0 aromatic rings. The molecule has 84 valence electrons. The third kappa shape index (κ3) is 4.89. The molecule has 0 rings (SSSR count). The van der Waals surface area contributed by atoms with E-state index < -0.39 is 7.60 Å². The van der Waals surface area contributed by atoms with Crippen LogP contribution in [0.3, 0.4) is 0 Å². The molecule has 0 heterocycles. The summed E-state index contributed by atoms with van der Waals surface area (Å²) in [4.78, 5) is 0. The maximum atomic E-state index is 12.1. The quantitative estimate of drug-likeness (QED) is 0.513. The highest BCUT2D eigenvalue weighted by molar-refractivity contribution is 8.35. The van der Waals surface area contributed by atoms with E-state index in [2.05, 4.69) is 0 Å². The van der Waals surface area contributed by atoms with Crippen LogP contribution in [0, 0.1) is 0 Å². The molecule has 0 aromatic carbocycles.